The van der Waals surface area contributed by atoms with Crippen LogP contribution in [-0.2, 0) is 9.53 Å². The largest absolute Gasteiger partial charge is 0.494 e. The molecule has 1 rings (SSSR count). The third-order valence-electron chi connectivity index (χ3n) is 2.73. The quantitative estimate of drug-likeness (QED) is 0.474. The summed E-state index contributed by atoms with van der Waals surface area (Å²) >= 11 is 0. The first kappa shape index (κ1) is 16.6. The summed E-state index contributed by atoms with van der Waals surface area (Å²) in [7, 11) is 1.23. The maximum atomic E-state index is 11.2. The van der Waals surface area contributed by atoms with Crippen LogP contribution in [0, 0.1) is 17.2 Å². The number of rotatable bonds is 7. The minimum absolute atomic E-state index is 0.0882. The molecule has 1 aromatic carbocycles. The van der Waals surface area contributed by atoms with E-state index in [0.717, 1.165) is 17.9 Å². The predicted octanol–water partition coefficient (Wildman–Crippen LogP) is 3.10. The van der Waals surface area contributed by atoms with Gasteiger partial charge in [-0.2, -0.15) is 5.26 Å². The monoisotopic (exact) mass is 288 g/mol. The maximum Gasteiger partial charge on any atom is 0.350 e. The van der Waals surface area contributed by atoms with Gasteiger partial charge in [-0.25, -0.2) is 4.79 Å². The van der Waals surface area contributed by atoms with Crippen LogP contribution in [0.15, 0.2) is 36.0 Å². The van der Waals surface area contributed by atoms with E-state index in [9.17, 15) is 4.79 Å². The molecule has 0 radical (unpaired) electrons. The number of nitrogens with zero attached hydrogens (tertiary/aromatic N) is 1. The lowest BCUT2D eigenvalue weighted by Crippen LogP contribution is -2.05. The third-order valence-corrected chi connectivity index (χ3v) is 2.73. The highest BCUT2D eigenvalue weighted by molar-refractivity contribution is 5.92. The molecule has 0 amide bonds. The SMILES string of the molecule is COC(=O)/C(C#N)=C\Nc1ccc(OCCC(C)C)cc1. The summed E-state index contributed by atoms with van der Waals surface area (Å²) in [5.74, 6) is 0.732. The summed E-state index contributed by atoms with van der Waals surface area (Å²) in [4.78, 5) is 11.2. The predicted molar refractivity (Wildman–Crippen MR) is 80.7 cm³/mol. The number of carbonyl (C=O) groups is 1. The van der Waals surface area contributed by atoms with Crippen LogP contribution >= 0.6 is 0 Å². The summed E-state index contributed by atoms with van der Waals surface area (Å²) in [5.41, 5.74) is 0.664. The fourth-order valence-electron chi connectivity index (χ4n) is 1.46. The summed E-state index contributed by atoms with van der Waals surface area (Å²) in [5, 5.41) is 11.7. The molecule has 0 atom stereocenters. The zero-order valence-corrected chi connectivity index (χ0v) is 12.6. The number of nitriles is 1. The van der Waals surface area contributed by atoms with Crippen LogP contribution in [0.25, 0.3) is 0 Å². The second-order valence-corrected chi connectivity index (χ2v) is 4.86. The molecule has 0 fully saturated rings. The van der Waals surface area contributed by atoms with Gasteiger partial charge in [0.25, 0.3) is 0 Å². The number of benzene rings is 1. The number of anilines is 1. The smallest absolute Gasteiger partial charge is 0.350 e. The molecule has 0 unspecified atom stereocenters. The molecule has 5 nitrogen and oxygen atoms in total. The lowest BCUT2D eigenvalue weighted by molar-refractivity contribution is -0.135. The van der Waals surface area contributed by atoms with E-state index in [0.29, 0.717) is 12.5 Å². The Morgan fingerprint density at radius 1 is 1.38 bits per heavy atom. The van der Waals surface area contributed by atoms with Gasteiger partial charge in [0.15, 0.2) is 5.57 Å². The Hall–Kier alpha value is -2.48. The highest BCUT2D eigenvalue weighted by atomic mass is 16.5. The molecule has 0 bridgehead atoms. The average Bonchev–Trinajstić information content (AvgIpc) is 2.48. The molecule has 1 aromatic rings. The number of methoxy groups -OCH3 is 1. The van der Waals surface area contributed by atoms with Gasteiger partial charge in [0.2, 0.25) is 0 Å². The van der Waals surface area contributed by atoms with Crippen LogP contribution in [0.2, 0.25) is 0 Å². The lowest BCUT2D eigenvalue weighted by atomic mass is 10.1. The van der Waals surface area contributed by atoms with Crippen LogP contribution in [0.3, 0.4) is 0 Å². The Balaban J connectivity index is 2.56. The van der Waals surface area contributed by atoms with Crippen molar-refractivity contribution in [3.63, 3.8) is 0 Å². The van der Waals surface area contributed by atoms with E-state index in [2.05, 4.69) is 23.9 Å². The molecular weight excluding hydrogens is 268 g/mol. The van der Waals surface area contributed by atoms with Crippen LogP contribution in [0.1, 0.15) is 20.3 Å². The highest BCUT2D eigenvalue weighted by Gasteiger charge is 2.07. The molecule has 0 aromatic heterocycles. The number of carbonyl (C=O) groups excluding carboxylic acids is 1. The molecule has 5 heteroatoms. The van der Waals surface area contributed by atoms with Crippen molar-refractivity contribution in [1.82, 2.24) is 0 Å². The van der Waals surface area contributed by atoms with Gasteiger partial charge >= 0.3 is 5.97 Å². The van der Waals surface area contributed by atoms with Gasteiger partial charge in [0, 0.05) is 11.9 Å². The van der Waals surface area contributed by atoms with E-state index >= 15 is 0 Å². The normalized spacial score (nSPS) is 10.9. The standard InChI is InChI=1S/C16H20N2O3/c1-12(2)8-9-21-15-6-4-14(5-7-15)18-11-13(10-17)16(19)20-3/h4-7,11-12,18H,8-9H2,1-3H3/b13-11-. The Morgan fingerprint density at radius 3 is 2.57 bits per heavy atom. The van der Waals surface area contributed by atoms with Crippen LogP contribution in [0.5, 0.6) is 5.75 Å². The first-order chi connectivity index (χ1) is 10.1. The zero-order chi connectivity index (χ0) is 15.7. The van der Waals surface area contributed by atoms with Crippen LogP contribution in [0.4, 0.5) is 5.69 Å². The van der Waals surface area contributed by atoms with Gasteiger partial charge < -0.3 is 14.8 Å². The summed E-state index contributed by atoms with van der Waals surface area (Å²) in [6.07, 6.45) is 2.33. The molecule has 112 valence electrons. The van der Waals surface area contributed by atoms with Crippen molar-refractivity contribution in [2.45, 2.75) is 20.3 Å². The zero-order valence-electron chi connectivity index (χ0n) is 12.6. The summed E-state index contributed by atoms with van der Waals surface area (Å²) < 4.78 is 10.1. The van der Waals surface area contributed by atoms with Crippen molar-refractivity contribution < 1.29 is 14.3 Å². The first-order valence-corrected chi connectivity index (χ1v) is 6.74. The van der Waals surface area contributed by atoms with E-state index in [1.54, 1.807) is 6.07 Å². The lowest BCUT2D eigenvalue weighted by Gasteiger charge is -2.08. The first-order valence-electron chi connectivity index (χ1n) is 6.74. The van der Waals surface area contributed by atoms with Gasteiger partial charge in [-0.1, -0.05) is 13.8 Å². The molecule has 21 heavy (non-hydrogen) atoms. The molecule has 0 aliphatic rings. The Bertz CT molecular complexity index is 527. The molecule has 0 aliphatic heterocycles. The van der Waals surface area contributed by atoms with E-state index in [-0.39, 0.29) is 5.57 Å². The van der Waals surface area contributed by atoms with Crippen LogP contribution in [-0.4, -0.2) is 19.7 Å². The molecule has 1 N–H and O–H groups in total. The van der Waals surface area contributed by atoms with Crippen molar-refractivity contribution in [2.24, 2.45) is 5.92 Å². The van der Waals surface area contributed by atoms with E-state index < -0.39 is 5.97 Å². The van der Waals surface area contributed by atoms with Crippen molar-refractivity contribution >= 4 is 11.7 Å². The maximum absolute atomic E-state index is 11.2. The number of nitrogens with one attached hydrogen (secondary N) is 1. The fourth-order valence-corrected chi connectivity index (χ4v) is 1.46. The van der Waals surface area contributed by atoms with Crippen molar-refractivity contribution in [3.05, 3.63) is 36.0 Å². The van der Waals surface area contributed by atoms with E-state index in [4.69, 9.17) is 10.00 Å². The minimum atomic E-state index is -0.668. The molecule has 0 heterocycles. The van der Waals surface area contributed by atoms with Gasteiger partial charge in [-0.15, -0.1) is 0 Å². The van der Waals surface area contributed by atoms with Gasteiger partial charge in [-0.05, 0) is 36.6 Å². The third kappa shape index (κ3) is 6.00. The molecule has 0 saturated carbocycles. The van der Waals surface area contributed by atoms with Crippen molar-refractivity contribution in [1.29, 1.82) is 5.26 Å². The molecular formula is C16H20N2O3. The van der Waals surface area contributed by atoms with Gasteiger partial charge in [-0.3, -0.25) is 0 Å². The van der Waals surface area contributed by atoms with E-state index in [1.807, 2.05) is 24.3 Å². The molecule has 0 saturated heterocycles. The number of esters is 1. The Morgan fingerprint density at radius 2 is 2.05 bits per heavy atom. The van der Waals surface area contributed by atoms with Gasteiger partial charge in [0.05, 0.1) is 13.7 Å². The average molecular weight is 288 g/mol. The summed E-state index contributed by atoms with van der Waals surface area (Å²) in [6, 6.07) is 9.07. The number of hydrogen-bond donors (Lipinski definition) is 1. The highest BCUT2D eigenvalue weighted by Crippen LogP contribution is 2.16. The Labute approximate surface area is 125 Å². The van der Waals surface area contributed by atoms with Crippen molar-refractivity contribution in [3.8, 4) is 11.8 Å². The minimum Gasteiger partial charge on any atom is -0.494 e. The topological polar surface area (TPSA) is 71.4 Å². The summed E-state index contributed by atoms with van der Waals surface area (Å²) in [6.45, 7) is 4.98. The van der Waals surface area contributed by atoms with Crippen molar-refractivity contribution in [2.75, 3.05) is 19.0 Å². The van der Waals surface area contributed by atoms with Crippen LogP contribution < -0.4 is 10.1 Å². The second kappa shape index (κ2) is 8.64. The molecule has 0 aliphatic carbocycles. The Kier molecular flexibility index (Phi) is 6.82. The number of ether oxygens (including phenoxy) is 2. The molecule has 0 spiro atoms. The van der Waals surface area contributed by atoms with E-state index in [1.165, 1.54) is 13.3 Å². The van der Waals surface area contributed by atoms with Gasteiger partial charge in [0.1, 0.15) is 11.8 Å². The number of hydrogen-bond acceptors (Lipinski definition) is 5. The second-order valence-electron chi connectivity index (χ2n) is 4.86. The fraction of sp³-hybridized carbons (Fsp3) is 0.375.